The predicted molar refractivity (Wildman–Crippen MR) is 58.5 cm³/mol. The molecule has 1 heterocycles. The monoisotopic (exact) mass is 196 g/mol. The maximum absolute atomic E-state index is 5.08. The molecule has 1 aliphatic rings. The minimum atomic E-state index is 0.718. The summed E-state index contributed by atoms with van der Waals surface area (Å²) < 4.78 is 5.08. The second-order valence-electron chi connectivity index (χ2n) is 3.46. The first kappa shape index (κ1) is 11.0. The zero-order chi connectivity index (χ0) is 10.2. The van der Waals surface area contributed by atoms with Crippen molar-refractivity contribution in [1.82, 2.24) is 9.80 Å². The van der Waals surface area contributed by atoms with Crippen molar-refractivity contribution in [3.8, 4) is 0 Å². The Balaban J connectivity index is 2.09. The van der Waals surface area contributed by atoms with E-state index in [4.69, 9.17) is 4.74 Å². The number of nitrogens with zero attached hydrogens (tertiary/aromatic N) is 2. The molecule has 0 N–H and O–H groups in total. The first-order valence-corrected chi connectivity index (χ1v) is 5.25. The Bertz CT molecular complexity index is 192. The Labute approximate surface area is 86.6 Å². The van der Waals surface area contributed by atoms with Crippen LogP contribution in [0.1, 0.15) is 19.8 Å². The van der Waals surface area contributed by atoms with Crippen LogP contribution in [0.5, 0.6) is 0 Å². The molecular formula is C11H20N2O. The van der Waals surface area contributed by atoms with Crippen LogP contribution in [0.25, 0.3) is 0 Å². The van der Waals surface area contributed by atoms with Crippen LogP contribution in [0, 0.1) is 0 Å². The van der Waals surface area contributed by atoms with E-state index < -0.39 is 0 Å². The summed E-state index contributed by atoms with van der Waals surface area (Å²) in [5.74, 6) is 0. The van der Waals surface area contributed by atoms with E-state index in [2.05, 4.69) is 35.7 Å². The third-order valence-electron chi connectivity index (χ3n) is 2.26. The van der Waals surface area contributed by atoms with Crippen molar-refractivity contribution in [3.05, 3.63) is 25.2 Å². The highest BCUT2D eigenvalue weighted by atomic mass is 16.5. The molecule has 0 saturated carbocycles. The Kier molecular flexibility index (Phi) is 4.97. The van der Waals surface area contributed by atoms with E-state index in [1.165, 1.54) is 19.1 Å². The number of unbranched alkanes of at least 4 members (excludes halogenated alkanes) is 1. The molecule has 0 aromatic heterocycles. The van der Waals surface area contributed by atoms with Gasteiger partial charge in [-0.25, -0.2) is 0 Å². The molecule has 0 amide bonds. The van der Waals surface area contributed by atoms with Crippen LogP contribution in [0.2, 0.25) is 0 Å². The van der Waals surface area contributed by atoms with Gasteiger partial charge < -0.3 is 14.5 Å². The van der Waals surface area contributed by atoms with Gasteiger partial charge in [-0.2, -0.15) is 0 Å². The van der Waals surface area contributed by atoms with Gasteiger partial charge in [0.1, 0.15) is 6.61 Å². The second-order valence-corrected chi connectivity index (χ2v) is 3.46. The molecule has 3 heteroatoms. The first-order chi connectivity index (χ1) is 6.86. The number of rotatable bonds is 7. The molecule has 3 nitrogen and oxygen atoms in total. The van der Waals surface area contributed by atoms with Crippen molar-refractivity contribution < 1.29 is 4.74 Å². The fourth-order valence-corrected chi connectivity index (χ4v) is 1.42. The molecular weight excluding hydrogens is 176 g/mol. The second kappa shape index (κ2) is 6.35. The van der Waals surface area contributed by atoms with Gasteiger partial charge in [0.05, 0.1) is 19.5 Å². The van der Waals surface area contributed by atoms with E-state index in [9.17, 15) is 0 Å². The number of hydrogen-bond donors (Lipinski definition) is 0. The third-order valence-corrected chi connectivity index (χ3v) is 2.26. The number of hydrogen-bond acceptors (Lipinski definition) is 3. The topological polar surface area (TPSA) is 15.7 Å². The molecule has 0 fully saturated rings. The van der Waals surface area contributed by atoms with Gasteiger partial charge in [0, 0.05) is 18.9 Å². The Morgan fingerprint density at radius 1 is 1.36 bits per heavy atom. The molecule has 0 aromatic rings. The van der Waals surface area contributed by atoms with E-state index >= 15 is 0 Å². The summed E-state index contributed by atoms with van der Waals surface area (Å²) in [6, 6.07) is 0. The predicted octanol–water partition coefficient (Wildman–Crippen LogP) is 1.99. The van der Waals surface area contributed by atoms with Crippen molar-refractivity contribution in [3.63, 3.8) is 0 Å². The maximum Gasteiger partial charge on any atom is 0.105 e. The minimum absolute atomic E-state index is 0.718. The van der Waals surface area contributed by atoms with Gasteiger partial charge in [0.25, 0.3) is 0 Å². The highest BCUT2D eigenvalue weighted by molar-refractivity contribution is 4.90. The summed E-state index contributed by atoms with van der Waals surface area (Å²) in [4.78, 5) is 4.58. The molecule has 0 bridgehead atoms. The van der Waals surface area contributed by atoms with E-state index in [1.54, 1.807) is 0 Å². The SMILES string of the molecule is C=COCCN1C=CN(CCCC)C1. The summed E-state index contributed by atoms with van der Waals surface area (Å²) in [6.07, 6.45) is 8.30. The van der Waals surface area contributed by atoms with Gasteiger partial charge in [0.2, 0.25) is 0 Å². The molecule has 0 unspecified atom stereocenters. The van der Waals surface area contributed by atoms with Crippen molar-refractivity contribution in [2.24, 2.45) is 0 Å². The van der Waals surface area contributed by atoms with Crippen LogP contribution in [-0.4, -0.2) is 36.2 Å². The van der Waals surface area contributed by atoms with Crippen LogP contribution in [0.3, 0.4) is 0 Å². The van der Waals surface area contributed by atoms with Crippen molar-refractivity contribution in [2.75, 3.05) is 26.4 Å². The van der Waals surface area contributed by atoms with Crippen LogP contribution in [0.15, 0.2) is 25.2 Å². The Hall–Kier alpha value is -1.12. The van der Waals surface area contributed by atoms with E-state index in [-0.39, 0.29) is 0 Å². The lowest BCUT2D eigenvalue weighted by atomic mass is 10.3. The summed E-state index contributed by atoms with van der Waals surface area (Å²) in [6.45, 7) is 9.54. The molecule has 14 heavy (non-hydrogen) atoms. The fourth-order valence-electron chi connectivity index (χ4n) is 1.42. The quantitative estimate of drug-likeness (QED) is 0.457. The van der Waals surface area contributed by atoms with E-state index in [1.807, 2.05) is 0 Å². The zero-order valence-electron chi connectivity index (χ0n) is 8.98. The van der Waals surface area contributed by atoms with Gasteiger partial charge in [0.15, 0.2) is 0 Å². The van der Waals surface area contributed by atoms with Crippen molar-refractivity contribution in [2.45, 2.75) is 19.8 Å². The maximum atomic E-state index is 5.08. The lowest BCUT2D eigenvalue weighted by Crippen LogP contribution is -2.28. The van der Waals surface area contributed by atoms with Gasteiger partial charge in [-0.05, 0) is 6.42 Å². The molecule has 0 aliphatic carbocycles. The van der Waals surface area contributed by atoms with Crippen LogP contribution in [-0.2, 0) is 4.74 Å². The first-order valence-electron chi connectivity index (χ1n) is 5.25. The van der Waals surface area contributed by atoms with E-state index in [0.717, 1.165) is 26.4 Å². The highest BCUT2D eigenvalue weighted by Gasteiger charge is 2.10. The molecule has 0 atom stereocenters. The Morgan fingerprint density at radius 2 is 2.07 bits per heavy atom. The summed E-state index contributed by atoms with van der Waals surface area (Å²) in [5, 5.41) is 0. The standard InChI is InChI=1S/C11H20N2O/c1-3-5-6-12-7-8-13(11-12)9-10-14-4-2/h4,7-8H,2-3,5-6,9-11H2,1H3. The van der Waals surface area contributed by atoms with Crippen molar-refractivity contribution in [1.29, 1.82) is 0 Å². The molecule has 0 radical (unpaired) electrons. The van der Waals surface area contributed by atoms with Crippen LogP contribution >= 0.6 is 0 Å². The van der Waals surface area contributed by atoms with Crippen LogP contribution in [0.4, 0.5) is 0 Å². The van der Waals surface area contributed by atoms with Crippen molar-refractivity contribution >= 4 is 0 Å². The van der Waals surface area contributed by atoms with Gasteiger partial charge in [-0.1, -0.05) is 19.9 Å². The summed E-state index contributed by atoms with van der Waals surface area (Å²) in [7, 11) is 0. The Morgan fingerprint density at radius 3 is 2.71 bits per heavy atom. The lowest BCUT2D eigenvalue weighted by Gasteiger charge is -2.20. The molecule has 1 rings (SSSR count). The van der Waals surface area contributed by atoms with Crippen LogP contribution < -0.4 is 0 Å². The lowest BCUT2D eigenvalue weighted by molar-refractivity contribution is 0.187. The van der Waals surface area contributed by atoms with Gasteiger partial charge in [-0.3, -0.25) is 0 Å². The third kappa shape index (κ3) is 3.73. The van der Waals surface area contributed by atoms with E-state index in [0.29, 0.717) is 0 Å². The van der Waals surface area contributed by atoms with Gasteiger partial charge in [-0.15, -0.1) is 0 Å². The molecule has 1 aliphatic heterocycles. The highest BCUT2D eigenvalue weighted by Crippen LogP contribution is 2.07. The largest absolute Gasteiger partial charge is 0.500 e. The summed E-state index contributed by atoms with van der Waals surface area (Å²) in [5.41, 5.74) is 0. The smallest absolute Gasteiger partial charge is 0.105 e. The number of ether oxygens (including phenoxy) is 1. The summed E-state index contributed by atoms with van der Waals surface area (Å²) >= 11 is 0. The van der Waals surface area contributed by atoms with Gasteiger partial charge >= 0.3 is 0 Å². The fraction of sp³-hybridized carbons (Fsp3) is 0.636. The molecule has 0 aromatic carbocycles. The molecule has 0 saturated heterocycles. The molecule has 80 valence electrons. The average Bonchev–Trinajstić information content (AvgIpc) is 2.63. The zero-order valence-corrected chi connectivity index (χ0v) is 8.98. The normalized spacial score (nSPS) is 14.9. The molecule has 0 spiro atoms. The average molecular weight is 196 g/mol. The minimum Gasteiger partial charge on any atom is -0.500 e.